The highest BCUT2D eigenvalue weighted by molar-refractivity contribution is 6.20. The topological polar surface area (TPSA) is 29.5 Å². The molecule has 3 heteroatoms. The molecular formula is C40H25NO2. The maximum atomic E-state index is 6.59. The van der Waals surface area contributed by atoms with Crippen LogP contribution in [0.25, 0.3) is 65.8 Å². The first-order valence-corrected chi connectivity index (χ1v) is 14.5. The highest BCUT2D eigenvalue weighted by atomic mass is 16.3. The highest BCUT2D eigenvalue weighted by Gasteiger charge is 2.20. The number of furan rings is 2. The quantitative estimate of drug-likeness (QED) is 0.218. The maximum Gasteiger partial charge on any atom is 0.143 e. The van der Waals surface area contributed by atoms with Crippen molar-refractivity contribution in [2.45, 2.75) is 0 Å². The van der Waals surface area contributed by atoms with Crippen molar-refractivity contribution >= 4 is 71.7 Å². The lowest BCUT2D eigenvalue weighted by molar-refractivity contribution is 0.669. The summed E-state index contributed by atoms with van der Waals surface area (Å²) >= 11 is 0. The summed E-state index contributed by atoms with van der Waals surface area (Å²) in [6, 6.07) is 53.0. The van der Waals surface area contributed by atoms with Crippen LogP contribution in [0.5, 0.6) is 0 Å². The third kappa shape index (κ3) is 3.68. The first kappa shape index (κ1) is 23.9. The van der Waals surface area contributed by atoms with Crippen LogP contribution in [0, 0.1) is 0 Å². The van der Waals surface area contributed by atoms with Crippen molar-refractivity contribution in [3.05, 3.63) is 152 Å². The first-order chi connectivity index (χ1) is 21.3. The molecule has 0 bridgehead atoms. The third-order valence-electron chi connectivity index (χ3n) is 8.44. The van der Waals surface area contributed by atoms with Crippen LogP contribution in [0.15, 0.2) is 160 Å². The van der Waals surface area contributed by atoms with Crippen LogP contribution in [0.2, 0.25) is 0 Å². The predicted molar refractivity (Wildman–Crippen MR) is 179 cm³/mol. The molecule has 0 saturated heterocycles. The van der Waals surface area contributed by atoms with Gasteiger partial charge in [-0.25, -0.2) is 0 Å². The van der Waals surface area contributed by atoms with E-state index in [0.29, 0.717) is 0 Å². The minimum absolute atomic E-state index is 0.870. The Morgan fingerprint density at radius 2 is 1.12 bits per heavy atom. The van der Waals surface area contributed by atoms with Crippen LogP contribution in [0.3, 0.4) is 0 Å². The summed E-state index contributed by atoms with van der Waals surface area (Å²) in [7, 11) is 0. The lowest BCUT2D eigenvalue weighted by Crippen LogP contribution is -2.10. The zero-order valence-electron chi connectivity index (χ0n) is 23.2. The summed E-state index contributed by atoms with van der Waals surface area (Å²) in [5.41, 5.74) is 8.93. The van der Waals surface area contributed by atoms with Gasteiger partial charge in [-0.05, 0) is 64.9 Å². The Balaban J connectivity index is 1.28. The normalized spacial score (nSPS) is 11.7. The van der Waals surface area contributed by atoms with Crippen molar-refractivity contribution in [3.8, 4) is 11.1 Å². The number of hydrogen-bond donors (Lipinski definition) is 0. The maximum absolute atomic E-state index is 6.59. The van der Waals surface area contributed by atoms with E-state index in [4.69, 9.17) is 8.83 Å². The monoisotopic (exact) mass is 551 g/mol. The van der Waals surface area contributed by atoms with Crippen molar-refractivity contribution in [2.75, 3.05) is 4.90 Å². The molecular weight excluding hydrogens is 526 g/mol. The largest absolute Gasteiger partial charge is 0.456 e. The van der Waals surface area contributed by atoms with E-state index in [0.717, 1.165) is 72.1 Å². The molecule has 7 aromatic carbocycles. The fourth-order valence-corrected chi connectivity index (χ4v) is 6.55. The SMILES string of the molecule is c1ccc(N(c2cccc(-c3cccc4c3oc3ccc5ccccc5c34)c2)c2cccc3oc4ccccc4c23)cc1. The van der Waals surface area contributed by atoms with Gasteiger partial charge in [0.15, 0.2) is 0 Å². The number of rotatable bonds is 4. The van der Waals surface area contributed by atoms with E-state index in [9.17, 15) is 0 Å². The van der Waals surface area contributed by atoms with Gasteiger partial charge >= 0.3 is 0 Å². The van der Waals surface area contributed by atoms with E-state index < -0.39 is 0 Å². The van der Waals surface area contributed by atoms with Crippen molar-refractivity contribution < 1.29 is 8.83 Å². The summed E-state index contributed by atoms with van der Waals surface area (Å²) < 4.78 is 12.9. The Bertz CT molecular complexity index is 2470. The van der Waals surface area contributed by atoms with Gasteiger partial charge in [0.2, 0.25) is 0 Å². The Morgan fingerprint density at radius 3 is 2.05 bits per heavy atom. The van der Waals surface area contributed by atoms with E-state index in [1.165, 1.54) is 10.8 Å². The highest BCUT2D eigenvalue weighted by Crippen LogP contribution is 2.44. The molecule has 0 amide bonds. The average Bonchev–Trinajstić information content (AvgIpc) is 3.65. The van der Waals surface area contributed by atoms with Crippen LogP contribution >= 0.6 is 0 Å². The number of hydrogen-bond acceptors (Lipinski definition) is 3. The van der Waals surface area contributed by atoms with Crippen LogP contribution in [-0.2, 0) is 0 Å². The van der Waals surface area contributed by atoms with Crippen LogP contribution in [0.1, 0.15) is 0 Å². The number of nitrogens with zero attached hydrogens (tertiary/aromatic N) is 1. The molecule has 0 saturated carbocycles. The molecule has 0 fully saturated rings. The van der Waals surface area contributed by atoms with E-state index >= 15 is 0 Å². The molecule has 3 nitrogen and oxygen atoms in total. The Kier molecular flexibility index (Phi) is 5.20. The lowest BCUT2D eigenvalue weighted by Gasteiger charge is -2.26. The van der Waals surface area contributed by atoms with Crippen LogP contribution in [0.4, 0.5) is 17.1 Å². The molecule has 2 aromatic heterocycles. The Hall–Kier alpha value is -5.80. The molecule has 202 valence electrons. The van der Waals surface area contributed by atoms with E-state index in [2.05, 4.69) is 138 Å². The van der Waals surface area contributed by atoms with E-state index in [-0.39, 0.29) is 0 Å². The smallest absolute Gasteiger partial charge is 0.143 e. The first-order valence-electron chi connectivity index (χ1n) is 14.5. The average molecular weight is 552 g/mol. The number of anilines is 3. The third-order valence-corrected chi connectivity index (χ3v) is 8.44. The summed E-state index contributed by atoms with van der Waals surface area (Å²) in [6.45, 7) is 0. The molecule has 0 unspecified atom stereocenters. The minimum atomic E-state index is 0.870. The molecule has 0 aliphatic rings. The van der Waals surface area contributed by atoms with Crippen LogP contribution < -0.4 is 4.90 Å². The van der Waals surface area contributed by atoms with Gasteiger partial charge in [-0.3, -0.25) is 0 Å². The second-order valence-corrected chi connectivity index (χ2v) is 10.9. The molecule has 9 rings (SSSR count). The molecule has 0 radical (unpaired) electrons. The number of para-hydroxylation sites is 3. The molecule has 9 aromatic rings. The summed E-state index contributed by atoms with van der Waals surface area (Å²) in [6.07, 6.45) is 0. The zero-order valence-corrected chi connectivity index (χ0v) is 23.2. The van der Waals surface area contributed by atoms with Crippen molar-refractivity contribution in [1.29, 1.82) is 0 Å². The summed E-state index contributed by atoms with van der Waals surface area (Å²) in [5, 5.41) is 6.91. The molecule has 0 spiro atoms. The molecule has 0 atom stereocenters. The van der Waals surface area contributed by atoms with Gasteiger partial charge in [-0.1, -0.05) is 103 Å². The second kappa shape index (κ2) is 9.37. The second-order valence-electron chi connectivity index (χ2n) is 10.9. The fraction of sp³-hybridized carbons (Fsp3) is 0. The number of fused-ring (bicyclic) bond motifs is 8. The number of benzene rings is 7. The lowest BCUT2D eigenvalue weighted by atomic mass is 9.99. The van der Waals surface area contributed by atoms with Crippen molar-refractivity contribution in [1.82, 2.24) is 0 Å². The predicted octanol–water partition coefficient (Wildman–Crippen LogP) is 11.8. The van der Waals surface area contributed by atoms with E-state index in [1.54, 1.807) is 0 Å². The minimum Gasteiger partial charge on any atom is -0.456 e. The Morgan fingerprint density at radius 1 is 0.419 bits per heavy atom. The molecule has 0 aliphatic carbocycles. The van der Waals surface area contributed by atoms with Gasteiger partial charge in [0.05, 0.1) is 11.1 Å². The fourth-order valence-electron chi connectivity index (χ4n) is 6.55. The van der Waals surface area contributed by atoms with E-state index in [1.807, 2.05) is 18.2 Å². The van der Waals surface area contributed by atoms with Crippen LogP contribution in [-0.4, -0.2) is 0 Å². The standard InChI is InChI=1S/C40H25NO2/c1-2-13-28(14-3-1)41(34-20-10-22-36-39(34)32-17-6-7-21-35(32)42-36)29-15-8-12-27(25-29)31-18-9-19-33-38-30-16-5-4-11-26(30)23-24-37(38)43-40(31)33/h1-25H. The summed E-state index contributed by atoms with van der Waals surface area (Å²) in [4.78, 5) is 2.32. The molecule has 0 N–H and O–H groups in total. The molecule has 2 heterocycles. The van der Waals surface area contributed by atoms with Gasteiger partial charge in [0.25, 0.3) is 0 Å². The zero-order chi connectivity index (χ0) is 28.3. The summed E-state index contributed by atoms with van der Waals surface area (Å²) in [5.74, 6) is 0. The van der Waals surface area contributed by atoms with Gasteiger partial charge < -0.3 is 13.7 Å². The van der Waals surface area contributed by atoms with Gasteiger partial charge in [-0.15, -0.1) is 0 Å². The molecule has 0 aliphatic heterocycles. The van der Waals surface area contributed by atoms with Crippen molar-refractivity contribution in [3.63, 3.8) is 0 Å². The van der Waals surface area contributed by atoms with Gasteiger partial charge in [0, 0.05) is 33.1 Å². The van der Waals surface area contributed by atoms with Gasteiger partial charge in [-0.2, -0.15) is 0 Å². The molecule has 43 heavy (non-hydrogen) atoms. The van der Waals surface area contributed by atoms with Crippen molar-refractivity contribution in [2.24, 2.45) is 0 Å². The Labute approximate surface area is 247 Å². The van der Waals surface area contributed by atoms with Gasteiger partial charge in [0.1, 0.15) is 22.3 Å².